The highest BCUT2D eigenvalue weighted by molar-refractivity contribution is 6.11. The normalized spacial score (nSPS) is 10.8. The van der Waals surface area contributed by atoms with Gasteiger partial charge in [0.15, 0.2) is 0 Å². The Morgan fingerprint density at radius 2 is 1.61 bits per heavy atom. The first kappa shape index (κ1) is 21.3. The lowest BCUT2D eigenvalue weighted by atomic mass is 10.1. The molecule has 0 unspecified atom stereocenters. The molecule has 0 saturated carbocycles. The number of methoxy groups -OCH3 is 1. The highest BCUT2D eigenvalue weighted by atomic mass is 16.5. The van der Waals surface area contributed by atoms with E-state index >= 15 is 0 Å². The van der Waals surface area contributed by atoms with E-state index in [4.69, 9.17) is 9.84 Å². The van der Waals surface area contributed by atoms with Crippen molar-refractivity contribution in [2.75, 3.05) is 12.4 Å². The summed E-state index contributed by atoms with van der Waals surface area (Å²) in [6, 6.07) is 21.5. The molecule has 0 bridgehead atoms. The smallest absolute Gasteiger partial charge is 0.335 e. The summed E-state index contributed by atoms with van der Waals surface area (Å²) in [5.74, 6) is -1.86. The zero-order chi connectivity index (χ0) is 22.2. The molecule has 2 amide bonds. The van der Waals surface area contributed by atoms with Gasteiger partial charge >= 0.3 is 5.97 Å². The molecule has 3 aromatic carbocycles. The van der Waals surface area contributed by atoms with Gasteiger partial charge in [-0.05, 0) is 42.0 Å². The maximum absolute atomic E-state index is 12.9. The molecule has 7 nitrogen and oxygen atoms in total. The molecule has 0 heterocycles. The third-order valence-electron chi connectivity index (χ3n) is 4.32. The first-order valence-electron chi connectivity index (χ1n) is 9.34. The number of carbonyl (C=O) groups excluding carboxylic acids is 2. The predicted molar refractivity (Wildman–Crippen MR) is 117 cm³/mol. The Hall–Kier alpha value is -4.39. The van der Waals surface area contributed by atoms with Gasteiger partial charge in [-0.25, -0.2) is 4.79 Å². The fourth-order valence-electron chi connectivity index (χ4n) is 2.82. The van der Waals surface area contributed by atoms with Gasteiger partial charge in [0.1, 0.15) is 11.4 Å². The highest BCUT2D eigenvalue weighted by Crippen LogP contribution is 2.18. The van der Waals surface area contributed by atoms with Crippen molar-refractivity contribution in [1.82, 2.24) is 5.32 Å². The molecule has 0 spiro atoms. The molecular formula is C24H20N2O5. The van der Waals surface area contributed by atoms with Crippen molar-refractivity contribution in [2.45, 2.75) is 0 Å². The molecule has 156 valence electrons. The lowest BCUT2D eigenvalue weighted by molar-refractivity contribution is -0.113. The van der Waals surface area contributed by atoms with Gasteiger partial charge in [0.05, 0.1) is 18.2 Å². The van der Waals surface area contributed by atoms with Gasteiger partial charge in [0, 0.05) is 5.69 Å². The number of amides is 2. The molecule has 0 aliphatic carbocycles. The number of nitrogens with one attached hydrogen (secondary N) is 2. The monoisotopic (exact) mass is 416 g/mol. The molecule has 0 aromatic heterocycles. The van der Waals surface area contributed by atoms with Gasteiger partial charge < -0.3 is 20.5 Å². The van der Waals surface area contributed by atoms with Crippen LogP contribution in [0.15, 0.2) is 84.6 Å². The molecule has 0 aliphatic rings. The molecule has 31 heavy (non-hydrogen) atoms. The number of carboxylic acid groups (broad SMARTS) is 1. The average Bonchev–Trinajstić information content (AvgIpc) is 2.79. The number of rotatable bonds is 7. The van der Waals surface area contributed by atoms with E-state index < -0.39 is 17.8 Å². The molecule has 3 aromatic rings. The van der Waals surface area contributed by atoms with Crippen LogP contribution in [0.2, 0.25) is 0 Å². The van der Waals surface area contributed by atoms with E-state index in [9.17, 15) is 14.4 Å². The Labute approximate surface area is 179 Å². The van der Waals surface area contributed by atoms with Crippen molar-refractivity contribution in [3.8, 4) is 5.75 Å². The molecule has 0 aliphatic heterocycles. The first-order chi connectivity index (χ1) is 15.0. The number of benzene rings is 3. The van der Waals surface area contributed by atoms with E-state index in [0.29, 0.717) is 11.3 Å². The molecule has 3 N–H and O–H groups in total. The van der Waals surface area contributed by atoms with E-state index in [-0.39, 0.29) is 22.5 Å². The highest BCUT2D eigenvalue weighted by Gasteiger charge is 2.18. The average molecular weight is 416 g/mol. The van der Waals surface area contributed by atoms with Crippen molar-refractivity contribution < 1.29 is 24.2 Å². The van der Waals surface area contributed by atoms with Crippen LogP contribution < -0.4 is 15.4 Å². The summed E-state index contributed by atoms with van der Waals surface area (Å²) in [6.45, 7) is 0. The zero-order valence-corrected chi connectivity index (χ0v) is 16.7. The summed E-state index contributed by atoms with van der Waals surface area (Å²) in [4.78, 5) is 37.0. The summed E-state index contributed by atoms with van der Waals surface area (Å²) >= 11 is 0. The van der Waals surface area contributed by atoms with Crippen molar-refractivity contribution in [2.24, 2.45) is 0 Å². The maximum atomic E-state index is 12.9. The number of ether oxygens (including phenoxy) is 1. The fraction of sp³-hybridized carbons (Fsp3) is 0.0417. The molecular weight excluding hydrogens is 396 g/mol. The van der Waals surface area contributed by atoms with Gasteiger partial charge in [0.2, 0.25) is 0 Å². The third-order valence-corrected chi connectivity index (χ3v) is 4.32. The Bertz CT molecular complexity index is 1140. The molecule has 0 radical (unpaired) electrons. The van der Waals surface area contributed by atoms with E-state index in [1.165, 1.54) is 31.4 Å². The number of anilines is 1. The van der Waals surface area contributed by atoms with E-state index in [1.54, 1.807) is 54.6 Å². The van der Waals surface area contributed by atoms with Crippen LogP contribution in [0.1, 0.15) is 26.3 Å². The van der Waals surface area contributed by atoms with E-state index in [2.05, 4.69) is 10.6 Å². The zero-order valence-electron chi connectivity index (χ0n) is 16.7. The molecule has 7 heteroatoms. The van der Waals surface area contributed by atoms with Crippen molar-refractivity contribution in [3.63, 3.8) is 0 Å². The Morgan fingerprint density at radius 3 is 2.32 bits per heavy atom. The van der Waals surface area contributed by atoms with Crippen LogP contribution in [-0.2, 0) is 4.79 Å². The second-order valence-electron chi connectivity index (χ2n) is 6.46. The maximum Gasteiger partial charge on any atom is 0.335 e. The Kier molecular flexibility index (Phi) is 6.80. The molecule has 3 rings (SSSR count). The van der Waals surface area contributed by atoms with Crippen LogP contribution in [0.25, 0.3) is 6.08 Å². The lowest BCUT2D eigenvalue weighted by Crippen LogP contribution is -2.31. The van der Waals surface area contributed by atoms with Crippen LogP contribution in [0, 0.1) is 0 Å². The van der Waals surface area contributed by atoms with Crippen LogP contribution in [-0.4, -0.2) is 30.0 Å². The van der Waals surface area contributed by atoms with Crippen molar-refractivity contribution in [1.29, 1.82) is 0 Å². The summed E-state index contributed by atoms with van der Waals surface area (Å²) in [5.41, 5.74) is 1.28. The summed E-state index contributed by atoms with van der Waals surface area (Å²) in [5, 5.41) is 14.4. The minimum absolute atomic E-state index is 0.0113. The number of carbonyl (C=O) groups is 3. The topological polar surface area (TPSA) is 105 Å². The van der Waals surface area contributed by atoms with E-state index in [1.807, 2.05) is 6.07 Å². The number of para-hydroxylation sites is 1. The van der Waals surface area contributed by atoms with Gasteiger partial charge in [0.25, 0.3) is 11.8 Å². The van der Waals surface area contributed by atoms with Crippen molar-refractivity contribution >= 4 is 29.5 Å². The minimum atomic E-state index is -1.11. The van der Waals surface area contributed by atoms with Gasteiger partial charge in [-0.3, -0.25) is 9.59 Å². The lowest BCUT2D eigenvalue weighted by Gasteiger charge is -2.13. The minimum Gasteiger partial charge on any atom is -0.496 e. The summed E-state index contributed by atoms with van der Waals surface area (Å²) in [7, 11) is 1.45. The molecule has 0 fully saturated rings. The predicted octanol–water partition coefficient (Wildman–Crippen LogP) is 3.80. The number of hydrogen-bond donors (Lipinski definition) is 3. The fourth-order valence-corrected chi connectivity index (χ4v) is 2.82. The first-order valence-corrected chi connectivity index (χ1v) is 9.34. The number of aromatic carboxylic acids is 1. The van der Waals surface area contributed by atoms with Gasteiger partial charge in [-0.2, -0.15) is 0 Å². The van der Waals surface area contributed by atoms with E-state index in [0.717, 1.165) is 0 Å². The molecule has 0 saturated heterocycles. The number of carboxylic acids is 1. The van der Waals surface area contributed by atoms with Gasteiger partial charge in [-0.1, -0.05) is 48.5 Å². The SMILES string of the molecule is COc1ccccc1C(=O)N/C(=C/c1ccccc1)C(=O)Nc1cccc(C(=O)O)c1. The Morgan fingerprint density at radius 1 is 0.903 bits per heavy atom. The third kappa shape index (κ3) is 5.57. The van der Waals surface area contributed by atoms with Gasteiger partial charge in [-0.15, -0.1) is 0 Å². The van der Waals surface area contributed by atoms with Crippen molar-refractivity contribution in [3.05, 3.63) is 101 Å². The van der Waals surface area contributed by atoms with Crippen LogP contribution in [0.5, 0.6) is 5.75 Å². The molecule has 0 atom stereocenters. The summed E-state index contributed by atoms with van der Waals surface area (Å²) in [6.07, 6.45) is 1.53. The second-order valence-corrected chi connectivity index (χ2v) is 6.46. The second kappa shape index (κ2) is 9.89. The quantitative estimate of drug-likeness (QED) is 0.508. The number of hydrogen-bond acceptors (Lipinski definition) is 4. The standard InChI is InChI=1S/C24H20N2O5/c1-31-21-13-6-5-12-19(21)22(27)26-20(14-16-8-3-2-4-9-16)23(28)25-18-11-7-10-17(15-18)24(29)30/h2-15H,1H3,(H,25,28)(H,26,27)(H,29,30)/b20-14+. The van der Waals surface area contributed by atoms with Crippen LogP contribution >= 0.6 is 0 Å². The van der Waals surface area contributed by atoms with Crippen LogP contribution in [0.3, 0.4) is 0 Å². The van der Waals surface area contributed by atoms with Crippen LogP contribution in [0.4, 0.5) is 5.69 Å². The summed E-state index contributed by atoms with van der Waals surface area (Å²) < 4.78 is 5.22. The largest absolute Gasteiger partial charge is 0.496 e. The Balaban J connectivity index is 1.90.